The molecule has 1 aromatic heterocycles. The fraction of sp³-hybridized carbons (Fsp3) is 0.231. The molecular formula is C13H14N4O2S2. The average Bonchev–Trinajstić information content (AvgIpc) is 2.99. The number of hydrogen-bond donors (Lipinski definition) is 2. The quantitative estimate of drug-likeness (QED) is 0.795. The summed E-state index contributed by atoms with van der Waals surface area (Å²) in [6.07, 6.45) is 0.253. The van der Waals surface area contributed by atoms with Gasteiger partial charge in [0, 0.05) is 18.7 Å². The summed E-state index contributed by atoms with van der Waals surface area (Å²) >= 11 is 2.87. The Labute approximate surface area is 130 Å². The minimum absolute atomic E-state index is 0.253. The molecule has 0 spiro atoms. The maximum atomic E-state index is 11.6. The largest absolute Gasteiger partial charge is 0.334 e. The van der Waals surface area contributed by atoms with Crippen LogP contribution in [0.15, 0.2) is 40.2 Å². The number of hydrogen-bond acceptors (Lipinski definition) is 6. The van der Waals surface area contributed by atoms with E-state index in [9.17, 15) is 9.59 Å². The van der Waals surface area contributed by atoms with E-state index in [4.69, 9.17) is 0 Å². The molecule has 0 aliphatic heterocycles. The second kappa shape index (κ2) is 8.38. The van der Waals surface area contributed by atoms with E-state index in [1.165, 1.54) is 23.1 Å². The van der Waals surface area contributed by atoms with Crippen LogP contribution in [-0.2, 0) is 11.3 Å². The van der Waals surface area contributed by atoms with E-state index >= 15 is 0 Å². The van der Waals surface area contributed by atoms with E-state index in [1.807, 2.05) is 30.3 Å². The van der Waals surface area contributed by atoms with Crippen LogP contribution in [0.4, 0.5) is 4.79 Å². The molecule has 1 aromatic carbocycles. The van der Waals surface area contributed by atoms with Gasteiger partial charge in [0.15, 0.2) is 4.34 Å². The van der Waals surface area contributed by atoms with Gasteiger partial charge in [-0.3, -0.25) is 10.1 Å². The number of benzene rings is 1. The Hall–Kier alpha value is -1.93. The van der Waals surface area contributed by atoms with Crippen LogP contribution < -0.4 is 10.6 Å². The summed E-state index contributed by atoms with van der Waals surface area (Å²) in [4.78, 5) is 23.1. The lowest BCUT2D eigenvalue weighted by atomic mass is 10.2. The Kier molecular flexibility index (Phi) is 6.17. The first-order chi connectivity index (χ1) is 10.2. The topological polar surface area (TPSA) is 84.0 Å². The molecule has 2 rings (SSSR count). The summed E-state index contributed by atoms with van der Waals surface area (Å²) in [5, 5.41) is 12.5. The molecule has 2 N–H and O–H groups in total. The molecule has 2 aromatic rings. The smallest absolute Gasteiger partial charge is 0.321 e. The van der Waals surface area contributed by atoms with Crippen LogP contribution in [0.1, 0.15) is 12.0 Å². The van der Waals surface area contributed by atoms with Gasteiger partial charge in [-0.2, -0.15) is 0 Å². The Morgan fingerprint density at radius 2 is 2.05 bits per heavy atom. The van der Waals surface area contributed by atoms with Crippen LogP contribution in [-0.4, -0.2) is 27.9 Å². The number of thioether (sulfide) groups is 1. The number of nitrogens with zero attached hydrogens (tertiary/aromatic N) is 2. The zero-order chi connectivity index (χ0) is 14.9. The molecule has 0 saturated carbocycles. The molecule has 1 heterocycles. The van der Waals surface area contributed by atoms with Crippen molar-refractivity contribution in [2.75, 3.05) is 5.75 Å². The highest BCUT2D eigenvalue weighted by Crippen LogP contribution is 2.19. The summed E-state index contributed by atoms with van der Waals surface area (Å²) in [5.41, 5.74) is 2.62. The molecule has 0 unspecified atom stereocenters. The van der Waals surface area contributed by atoms with Crippen LogP contribution in [0.2, 0.25) is 0 Å². The summed E-state index contributed by atoms with van der Waals surface area (Å²) in [7, 11) is 0. The second-order valence-corrected chi connectivity index (χ2v) is 6.19. The standard InChI is InChI=1S/C13H14N4O2S2/c18-11(6-7-20-13-17-15-9-21-13)16-12(19)14-8-10-4-2-1-3-5-10/h1-5,9H,6-8H2,(H2,14,16,18,19). The van der Waals surface area contributed by atoms with Gasteiger partial charge < -0.3 is 5.32 Å². The molecule has 110 valence electrons. The second-order valence-electron chi connectivity index (χ2n) is 4.02. The highest BCUT2D eigenvalue weighted by molar-refractivity contribution is 8.01. The van der Waals surface area contributed by atoms with Crippen molar-refractivity contribution in [3.63, 3.8) is 0 Å². The first-order valence-corrected chi connectivity index (χ1v) is 8.11. The molecule has 0 saturated heterocycles. The molecule has 0 radical (unpaired) electrons. The Morgan fingerprint density at radius 3 is 2.76 bits per heavy atom. The Balaban J connectivity index is 1.62. The van der Waals surface area contributed by atoms with Gasteiger partial charge in [-0.25, -0.2) is 4.79 Å². The fourth-order valence-electron chi connectivity index (χ4n) is 1.47. The first kappa shape index (κ1) is 15.5. The van der Waals surface area contributed by atoms with Crippen LogP contribution in [0, 0.1) is 0 Å². The van der Waals surface area contributed by atoms with E-state index in [1.54, 1.807) is 5.51 Å². The minimum Gasteiger partial charge on any atom is -0.334 e. The van der Waals surface area contributed by atoms with E-state index < -0.39 is 6.03 Å². The number of rotatable bonds is 6. The molecule has 8 heteroatoms. The van der Waals surface area contributed by atoms with Crippen LogP contribution in [0.5, 0.6) is 0 Å². The van der Waals surface area contributed by atoms with Gasteiger partial charge >= 0.3 is 6.03 Å². The highest BCUT2D eigenvalue weighted by atomic mass is 32.2. The number of carbonyl (C=O) groups excluding carboxylic acids is 2. The normalized spacial score (nSPS) is 10.1. The van der Waals surface area contributed by atoms with Crippen molar-refractivity contribution in [2.45, 2.75) is 17.3 Å². The lowest BCUT2D eigenvalue weighted by Gasteiger charge is -2.06. The summed E-state index contributed by atoms with van der Waals surface area (Å²) in [5.74, 6) is 0.255. The molecule has 3 amide bonds. The van der Waals surface area contributed by atoms with E-state index in [2.05, 4.69) is 20.8 Å². The molecule has 0 aliphatic rings. The summed E-state index contributed by atoms with van der Waals surface area (Å²) < 4.78 is 0.816. The monoisotopic (exact) mass is 322 g/mol. The summed E-state index contributed by atoms with van der Waals surface area (Å²) in [6.45, 7) is 0.388. The average molecular weight is 322 g/mol. The third-order valence-corrected chi connectivity index (χ3v) is 4.31. The SMILES string of the molecule is O=C(CCSc1nncs1)NC(=O)NCc1ccccc1. The molecular weight excluding hydrogens is 308 g/mol. The van der Waals surface area contributed by atoms with Crippen LogP contribution >= 0.6 is 23.1 Å². The van der Waals surface area contributed by atoms with Crippen molar-refractivity contribution in [3.8, 4) is 0 Å². The van der Waals surface area contributed by atoms with Gasteiger partial charge in [0.05, 0.1) is 0 Å². The van der Waals surface area contributed by atoms with Crippen LogP contribution in [0.25, 0.3) is 0 Å². The number of nitrogens with one attached hydrogen (secondary N) is 2. The number of carbonyl (C=O) groups is 2. The van der Waals surface area contributed by atoms with Crippen molar-refractivity contribution in [2.24, 2.45) is 0 Å². The number of amides is 3. The van der Waals surface area contributed by atoms with E-state index in [-0.39, 0.29) is 12.3 Å². The van der Waals surface area contributed by atoms with Crippen LogP contribution in [0.3, 0.4) is 0 Å². The third-order valence-electron chi connectivity index (χ3n) is 2.44. The molecule has 0 atom stereocenters. The fourth-order valence-corrected chi connectivity index (χ4v) is 2.97. The van der Waals surface area contributed by atoms with Gasteiger partial charge in [-0.1, -0.05) is 53.4 Å². The lowest BCUT2D eigenvalue weighted by Crippen LogP contribution is -2.39. The van der Waals surface area contributed by atoms with Gasteiger partial charge in [-0.15, -0.1) is 10.2 Å². The molecule has 0 bridgehead atoms. The molecule has 6 nitrogen and oxygen atoms in total. The lowest BCUT2D eigenvalue weighted by molar-refractivity contribution is -0.119. The Bertz CT molecular complexity index is 575. The number of urea groups is 1. The van der Waals surface area contributed by atoms with Gasteiger partial charge in [0.2, 0.25) is 5.91 Å². The van der Waals surface area contributed by atoms with E-state index in [0.717, 1.165) is 9.90 Å². The van der Waals surface area contributed by atoms with Crippen molar-refractivity contribution in [1.29, 1.82) is 0 Å². The minimum atomic E-state index is -0.482. The van der Waals surface area contributed by atoms with Crippen molar-refractivity contribution in [1.82, 2.24) is 20.8 Å². The maximum absolute atomic E-state index is 11.6. The first-order valence-electron chi connectivity index (χ1n) is 6.24. The highest BCUT2D eigenvalue weighted by Gasteiger charge is 2.08. The van der Waals surface area contributed by atoms with Crippen molar-refractivity contribution >= 4 is 35.0 Å². The molecule has 0 aliphatic carbocycles. The Morgan fingerprint density at radius 1 is 1.24 bits per heavy atom. The molecule has 0 fully saturated rings. The van der Waals surface area contributed by atoms with Gasteiger partial charge in [0.25, 0.3) is 0 Å². The maximum Gasteiger partial charge on any atom is 0.321 e. The third kappa shape index (κ3) is 5.92. The van der Waals surface area contributed by atoms with Gasteiger partial charge in [-0.05, 0) is 5.56 Å². The van der Waals surface area contributed by atoms with Crippen molar-refractivity contribution in [3.05, 3.63) is 41.4 Å². The predicted octanol–water partition coefficient (Wildman–Crippen LogP) is 2.05. The van der Waals surface area contributed by atoms with E-state index in [0.29, 0.717) is 12.3 Å². The summed E-state index contributed by atoms with van der Waals surface area (Å²) in [6, 6.07) is 9.02. The number of aromatic nitrogens is 2. The van der Waals surface area contributed by atoms with Gasteiger partial charge in [0.1, 0.15) is 5.51 Å². The van der Waals surface area contributed by atoms with Crippen molar-refractivity contribution < 1.29 is 9.59 Å². The number of imide groups is 1. The predicted molar refractivity (Wildman–Crippen MR) is 82.1 cm³/mol. The molecule has 21 heavy (non-hydrogen) atoms. The zero-order valence-electron chi connectivity index (χ0n) is 11.1. The zero-order valence-corrected chi connectivity index (χ0v) is 12.7.